The molecule has 0 spiro atoms. The van der Waals surface area contributed by atoms with Gasteiger partial charge in [0.1, 0.15) is 0 Å². The molecule has 0 bridgehead atoms. The summed E-state index contributed by atoms with van der Waals surface area (Å²) >= 11 is 3.31. The van der Waals surface area contributed by atoms with Gasteiger partial charge in [-0.15, -0.1) is 0 Å². The van der Waals surface area contributed by atoms with Gasteiger partial charge in [-0.2, -0.15) is 0 Å². The van der Waals surface area contributed by atoms with Crippen LogP contribution in [-0.2, 0) is 9.63 Å². The number of nitrogens with zero attached hydrogens (tertiary/aromatic N) is 1. The van der Waals surface area contributed by atoms with Gasteiger partial charge in [-0.3, -0.25) is 9.59 Å². The number of hydrogen-bond acceptors (Lipinski definition) is 4. The van der Waals surface area contributed by atoms with Crippen LogP contribution in [0.2, 0.25) is 0 Å². The predicted octanol–water partition coefficient (Wildman–Crippen LogP) is 2.70. The van der Waals surface area contributed by atoms with Gasteiger partial charge in [0, 0.05) is 11.8 Å². The summed E-state index contributed by atoms with van der Waals surface area (Å²) in [7, 11) is 0. The fourth-order valence-electron chi connectivity index (χ4n) is 1.94. The molecule has 0 saturated heterocycles. The van der Waals surface area contributed by atoms with Gasteiger partial charge in [-0.05, 0) is 25.0 Å². The molecule has 20 heavy (non-hydrogen) atoms. The zero-order chi connectivity index (χ0) is 14.5. The quantitative estimate of drug-likeness (QED) is 0.454. The molecule has 0 radical (unpaired) electrons. The van der Waals surface area contributed by atoms with E-state index in [9.17, 15) is 14.4 Å². The normalized spacial score (nSPS) is 13.6. The van der Waals surface area contributed by atoms with Gasteiger partial charge in [-0.1, -0.05) is 39.5 Å². The number of fused-ring (bicyclic) bond motifs is 1. The van der Waals surface area contributed by atoms with Crippen LogP contribution in [0.4, 0.5) is 0 Å². The molecule has 0 aromatic heterocycles. The first-order valence-electron chi connectivity index (χ1n) is 6.39. The summed E-state index contributed by atoms with van der Waals surface area (Å²) in [4.78, 5) is 40.4. The van der Waals surface area contributed by atoms with Crippen LogP contribution in [0.25, 0.3) is 0 Å². The number of rotatable bonds is 6. The van der Waals surface area contributed by atoms with Crippen molar-refractivity contribution in [1.29, 1.82) is 0 Å². The highest BCUT2D eigenvalue weighted by Gasteiger charge is 2.38. The molecule has 0 atom stereocenters. The molecule has 1 heterocycles. The van der Waals surface area contributed by atoms with E-state index in [1.165, 1.54) is 0 Å². The van der Waals surface area contributed by atoms with E-state index in [-0.39, 0.29) is 17.5 Å². The van der Waals surface area contributed by atoms with Gasteiger partial charge in [0.15, 0.2) is 0 Å². The maximum absolute atomic E-state index is 11.9. The Morgan fingerprint density at radius 3 is 2.20 bits per heavy atom. The van der Waals surface area contributed by atoms with Crippen molar-refractivity contribution in [1.82, 2.24) is 5.06 Å². The molecule has 106 valence electrons. The van der Waals surface area contributed by atoms with Gasteiger partial charge in [0.25, 0.3) is 11.8 Å². The summed E-state index contributed by atoms with van der Waals surface area (Å²) in [6, 6.07) is 6.41. The number of hydrogen-bond donors (Lipinski definition) is 0. The van der Waals surface area contributed by atoms with Crippen LogP contribution >= 0.6 is 15.9 Å². The zero-order valence-electron chi connectivity index (χ0n) is 10.8. The number of alkyl halides is 1. The lowest BCUT2D eigenvalue weighted by Gasteiger charge is -2.12. The van der Waals surface area contributed by atoms with Crippen molar-refractivity contribution in [2.75, 3.05) is 5.33 Å². The third-order valence-corrected chi connectivity index (χ3v) is 3.53. The third kappa shape index (κ3) is 3.07. The Hall–Kier alpha value is -1.69. The average molecular weight is 340 g/mol. The number of hydroxylamine groups is 2. The first-order valence-corrected chi connectivity index (χ1v) is 7.52. The van der Waals surface area contributed by atoms with Crippen LogP contribution < -0.4 is 0 Å². The maximum Gasteiger partial charge on any atom is 0.333 e. The molecule has 1 aromatic rings. The smallest absolute Gasteiger partial charge is 0.330 e. The van der Waals surface area contributed by atoms with Crippen molar-refractivity contribution in [2.24, 2.45) is 0 Å². The summed E-state index contributed by atoms with van der Waals surface area (Å²) in [5, 5.41) is 1.44. The summed E-state index contributed by atoms with van der Waals surface area (Å²) in [6.45, 7) is 0. The van der Waals surface area contributed by atoms with Gasteiger partial charge in [0.05, 0.1) is 11.1 Å². The van der Waals surface area contributed by atoms with E-state index in [2.05, 4.69) is 15.9 Å². The molecule has 2 rings (SSSR count). The molecule has 2 amide bonds. The minimum absolute atomic E-state index is 0.195. The minimum atomic E-state index is -0.584. The van der Waals surface area contributed by atoms with Crippen LogP contribution in [0.5, 0.6) is 0 Å². The molecule has 0 saturated carbocycles. The Bertz CT molecular complexity index is 509. The lowest BCUT2D eigenvalue weighted by atomic mass is 10.1. The second kappa shape index (κ2) is 6.65. The van der Waals surface area contributed by atoms with Crippen LogP contribution in [0.1, 0.15) is 46.4 Å². The first-order chi connectivity index (χ1) is 9.65. The summed E-state index contributed by atoms with van der Waals surface area (Å²) in [5.41, 5.74) is 0.536. The van der Waals surface area contributed by atoms with Crippen LogP contribution in [-0.4, -0.2) is 28.2 Å². The molecule has 0 aliphatic carbocycles. The minimum Gasteiger partial charge on any atom is -0.330 e. The number of carbonyl (C=O) groups is 3. The number of halogens is 1. The van der Waals surface area contributed by atoms with Crippen LogP contribution in [0.3, 0.4) is 0 Å². The molecule has 1 aliphatic heterocycles. The van der Waals surface area contributed by atoms with Gasteiger partial charge < -0.3 is 4.84 Å². The number of benzene rings is 1. The Labute approximate surface area is 125 Å². The van der Waals surface area contributed by atoms with Gasteiger partial charge in [-0.25, -0.2) is 4.79 Å². The molecule has 6 heteroatoms. The standard InChI is InChI=1S/C14H14BrNO4/c15-9-5-1-2-8-12(17)20-16-13(18)10-6-3-4-7-11(10)14(16)19/h3-4,6-7H,1-2,5,8-9H2. The monoisotopic (exact) mass is 339 g/mol. The van der Waals surface area contributed by atoms with Crippen molar-refractivity contribution in [3.8, 4) is 0 Å². The maximum atomic E-state index is 11.9. The molecule has 0 N–H and O–H groups in total. The molecular formula is C14H14BrNO4. The Balaban J connectivity index is 1.93. The highest BCUT2D eigenvalue weighted by atomic mass is 79.9. The number of imide groups is 1. The third-order valence-electron chi connectivity index (χ3n) is 2.96. The van der Waals surface area contributed by atoms with E-state index < -0.39 is 17.8 Å². The summed E-state index contributed by atoms with van der Waals surface area (Å²) < 4.78 is 0. The second-order valence-corrected chi connectivity index (χ2v) is 5.21. The fraction of sp³-hybridized carbons (Fsp3) is 0.357. The van der Waals surface area contributed by atoms with E-state index in [0.29, 0.717) is 11.5 Å². The lowest BCUT2D eigenvalue weighted by molar-refractivity contribution is -0.168. The molecule has 5 nitrogen and oxygen atoms in total. The molecular weight excluding hydrogens is 326 g/mol. The second-order valence-electron chi connectivity index (χ2n) is 4.41. The SMILES string of the molecule is O=C(CCCCCBr)ON1C(=O)c2ccccc2C1=O. The molecule has 1 aromatic carbocycles. The molecule has 1 aliphatic rings. The van der Waals surface area contributed by atoms with Gasteiger partial charge >= 0.3 is 5.97 Å². The van der Waals surface area contributed by atoms with Gasteiger partial charge in [0.2, 0.25) is 0 Å². The lowest BCUT2D eigenvalue weighted by Crippen LogP contribution is -2.32. The van der Waals surface area contributed by atoms with E-state index in [1.54, 1.807) is 24.3 Å². The zero-order valence-corrected chi connectivity index (χ0v) is 12.4. The highest BCUT2D eigenvalue weighted by Crippen LogP contribution is 2.22. The largest absolute Gasteiger partial charge is 0.333 e. The Kier molecular flexibility index (Phi) is 4.89. The van der Waals surface area contributed by atoms with E-state index in [0.717, 1.165) is 18.2 Å². The van der Waals surface area contributed by atoms with E-state index in [4.69, 9.17) is 4.84 Å². The molecule has 0 unspecified atom stereocenters. The van der Waals surface area contributed by atoms with Crippen molar-refractivity contribution < 1.29 is 19.2 Å². The van der Waals surface area contributed by atoms with Crippen molar-refractivity contribution >= 4 is 33.7 Å². The Morgan fingerprint density at radius 1 is 1.05 bits per heavy atom. The number of carbonyl (C=O) groups excluding carboxylic acids is 3. The van der Waals surface area contributed by atoms with E-state index in [1.807, 2.05) is 0 Å². The molecule has 0 fully saturated rings. The van der Waals surface area contributed by atoms with Crippen LogP contribution in [0, 0.1) is 0 Å². The van der Waals surface area contributed by atoms with Crippen molar-refractivity contribution in [3.05, 3.63) is 35.4 Å². The van der Waals surface area contributed by atoms with Crippen molar-refractivity contribution in [3.63, 3.8) is 0 Å². The summed E-state index contributed by atoms with van der Waals surface area (Å²) in [5.74, 6) is -1.73. The summed E-state index contributed by atoms with van der Waals surface area (Å²) in [6.07, 6.45) is 2.73. The van der Waals surface area contributed by atoms with Crippen molar-refractivity contribution in [2.45, 2.75) is 25.7 Å². The van der Waals surface area contributed by atoms with E-state index >= 15 is 0 Å². The topological polar surface area (TPSA) is 63.7 Å². The Morgan fingerprint density at radius 2 is 1.65 bits per heavy atom. The fourth-order valence-corrected chi connectivity index (χ4v) is 2.33. The number of amides is 2. The predicted molar refractivity (Wildman–Crippen MR) is 75.3 cm³/mol. The first kappa shape index (κ1) is 14.7. The average Bonchev–Trinajstić information content (AvgIpc) is 2.69. The van der Waals surface area contributed by atoms with Crippen LogP contribution in [0.15, 0.2) is 24.3 Å². The highest BCUT2D eigenvalue weighted by molar-refractivity contribution is 9.09. The number of unbranched alkanes of at least 4 members (excludes halogenated alkanes) is 2.